The zero-order chi connectivity index (χ0) is 65.9. The van der Waals surface area contributed by atoms with Gasteiger partial charge >= 0.3 is 89.6 Å². The molecule has 27 heteroatoms. The molecule has 3 amide bonds. The summed E-state index contributed by atoms with van der Waals surface area (Å²) in [6.07, 6.45) is 8.20. The van der Waals surface area contributed by atoms with Crippen molar-refractivity contribution in [1.82, 2.24) is 15.1 Å². The van der Waals surface area contributed by atoms with Gasteiger partial charge in [0.15, 0.2) is 0 Å². The second kappa shape index (κ2) is 44.4. The van der Waals surface area contributed by atoms with E-state index in [4.69, 9.17) is 23.7 Å². The first-order chi connectivity index (χ1) is 44.1. The number of nitrogens with one attached hydrogen (secondary N) is 1. The fourth-order valence-corrected chi connectivity index (χ4v) is 18.8. The van der Waals surface area contributed by atoms with Crippen molar-refractivity contribution in [2.75, 3.05) is 48.0 Å². The number of rotatable bonds is 27. The Labute approximate surface area is 612 Å². The van der Waals surface area contributed by atoms with Crippen LogP contribution in [0, 0.1) is 0 Å². The Morgan fingerprint density at radius 1 is 0.652 bits per heavy atom. The molecule has 0 saturated carbocycles. The summed E-state index contributed by atoms with van der Waals surface area (Å²) in [7, 11) is 0. The number of hydrogen-bond acceptors (Lipinski definition) is 18. The fourth-order valence-electron chi connectivity index (χ4n) is 8.84. The molecule has 2 aliphatic rings. The van der Waals surface area contributed by atoms with Crippen LogP contribution in [0.5, 0.6) is 0 Å². The topological polar surface area (TPSA) is 240 Å². The maximum Gasteiger partial charge on any atom is 1.00 e. The maximum atomic E-state index is 13.2. The van der Waals surface area contributed by atoms with Gasteiger partial charge < -0.3 is 44.0 Å². The number of carboxylic acid groups (broad SMARTS) is 2. The number of benzene rings is 6. The minimum absolute atomic E-state index is 0. The molecule has 8 rings (SSSR count). The number of aliphatic imine (C=N–C) groups is 1. The number of halogens is 2. The molecule has 2 heterocycles. The molecule has 92 heavy (non-hydrogen) atoms. The normalized spacial score (nSPS) is 17.1. The number of carbonyl (C=O) groups excluding carboxylic acids is 6. The zero-order valence-electron chi connectivity index (χ0n) is 51.9. The van der Waals surface area contributed by atoms with Gasteiger partial charge in [0, 0.05) is 17.3 Å². The Kier molecular flexibility index (Phi) is 38.6. The van der Waals surface area contributed by atoms with E-state index < -0.39 is 87.4 Å². The third-order valence-corrected chi connectivity index (χ3v) is 26.8. The predicted molar refractivity (Wildman–Crippen MR) is 381 cm³/mol. The number of carbonyl (C=O) groups is 7. The average Bonchev–Trinajstić information content (AvgIpc) is 1.62. The second-order valence-corrected chi connectivity index (χ2v) is 31.6. The number of ether oxygens (including phenoxy) is 5. The second-order valence-electron chi connectivity index (χ2n) is 20.2. The molecule has 2 fully saturated rings. The number of hydrogen-bond donors (Lipinski definition) is 2. The number of cyclic esters (lactones) is 2. The molecule has 6 aromatic carbocycles. The molecule has 0 bridgehead atoms. The number of amides is 3. The summed E-state index contributed by atoms with van der Waals surface area (Å²) in [5.41, 5.74) is 5.09. The van der Waals surface area contributed by atoms with Gasteiger partial charge in [-0.1, -0.05) is 182 Å². The number of thioether (sulfide) groups is 4. The summed E-state index contributed by atoms with van der Waals surface area (Å²) >= 11 is 8.84. The Morgan fingerprint density at radius 2 is 1.11 bits per heavy atom. The molecular weight excluding hydrogens is 1520 g/mol. The van der Waals surface area contributed by atoms with E-state index >= 15 is 0 Å². The number of esters is 2. The van der Waals surface area contributed by atoms with Crippen molar-refractivity contribution >= 4 is 160 Å². The van der Waals surface area contributed by atoms with Crippen LogP contribution in [-0.4, -0.2) is 156 Å². The number of carboxylic acids is 2. The summed E-state index contributed by atoms with van der Waals surface area (Å²) in [6, 6.07) is 55.0. The first kappa shape index (κ1) is 80.0. The van der Waals surface area contributed by atoms with E-state index in [-0.39, 0.29) is 61.3 Å². The van der Waals surface area contributed by atoms with Gasteiger partial charge in [-0.25, -0.2) is 59.7 Å². The van der Waals surface area contributed by atoms with Crippen molar-refractivity contribution in [2.24, 2.45) is 4.99 Å². The van der Waals surface area contributed by atoms with Gasteiger partial charge in [-0.15, -0.1) is 0 Å². The van der Waals surface area contributed by atoms with Crippen LogP contribution in [0.1, 0.15) is 71.5 Å². The molecule has 0 aromatic heterocycles. The van der Waals surface area contributed by atoms with Gasteiger partial charge in [0.05, 0.1) is 16.4 Å². The van der Waals surface area contributed by atoms with Crippen molar-refractivity contribution in [3.05, 3.63) is 215 Å². The number of aliphatic carboxylic acids is 2. The molecule has 18 nitrogen and oxygen atoms in total. The smallest absolute Gasteiger partial charge is 0.548 e. The van der Waals surface area contributed by atoms with Gasteiger partial charge in [-0.05, 0) is 96.0 Å². The first-order valence-electron chi connectivity index (χ1n) is 28.7. The first-order valence-corrected chi connectivity index (χ1v) is 45.9. The van der Waals surface area contributed by atoms with Crippen LogP contribution in [0.4, 0.5) is 14.4 Å². The van der Waals surface area contributed by atoms with Gasteiger partial charge in [0.1, 0.15) is 30.3 Å². The molecule has 0 spiro atoms. The molecule has 2 N–H and O–H groups in total. The standard InChI is InChI=1S/C20H21NO4S.C20H20NO4S.C13H16NO4S.C12H15NO2S.2Al.2HI.Na.2H/c2*1-26-13-12-17-19(22)25-18(16-10-6-3-7-11-16)21(17)20(23)24-14-15-8-4-2-5-9-15;1-19-8-7-11(12(15)16)14-13(17)18-9-10-5-3-2-4-6-10;1-16-8-7-11(12(14)15)13-9-10-5-3-2-4-6-10;;;;;;;/h2-11,17-18H,12-14H2,1H3;2-11,18H,12-14H2,1H3;2-6H,7-9H2,1H3,(H,14,17)(H,15,16);2-6,9,11H,7-8H2,1H3,(H,14,15);;;2*1H;;;/q;;;;2*+1;;;+1;;/p-3/t17-,18-;18-;;11-;;;;;;;/m11.1......./s1. The zero-order valence-corrected chi connectivity index (χ0v) is 64.3. The van der Waals surface area contributed by atoms with Crippen molar-refractivity contribution < 1.29 is 97.0 Å². The summed E-state index contributed by atoms with van der Waals surface area (Å²) in [4.78, 5) is 92.5. The molecule has 6 aromatic rings. The minimum atomic E-state index is -1.14. The molecular formula is C65H73Al2I2N4NaO14S4. The molecule has 482 valence electrons. The van der Waals surface area contributed by atoms with Crippen LogP contribution >= 0.6 is 87.6 Å². The van der Waals surface area contributed by atoms with E-state index in [0.717, 1.165) is 50.6 Å². The van der Waals surface area contributed by atoms with Gasteiger partial charge in [0.25, 0.3) is 0 Å². The molecule has 0 radical (unpaired) electrons. The SMILES string of the molecule is CSCC[C@@H](N=Cc1ccccc1)C(=O)[O-].CSCC[C@@H]1C(=O)O[C@H](c2ccccc2)N1C(=O)OCc1ccccc1.CSCC[C@](NC(=O)OCc1ccccc1)([AlH][I])C(=O)O.CSCC[C@]1([AlH][I])C(=O)O[C@H](c2ccccc2)N1C(=O)OCc1ccccc1.[Na+]. The Balaban J connectivity index is 0.000000266. The van der Waals surface area contributed by atoms with Gasteiger partial charge in [-0.2, -0.15) is 47.0 Å². The maximum absolute atomic E-state index is 13.2. The van der Waals surface area contributed by atoms with E-state index in [1.165, 1.54) is 4.90 Å². The Morgan fingerprint density at radius 3 is 1.57 bits per heavy atom. The summed E-state index contributed by atoms with van der Waals surface area (Å²) < 4.78 is 25.4. The third kappa shape index (κ3) is 25.6. The molecule has 2 aliphatic heterocycles. The van der Waals surface area contributed by atoms with E-state index in [0.29, 0.717) is 31.4 Å². The molecule has 0 aliphatic carbocycles. The van der Waals surface area contributed by atoms with E-state index in [1.807, 2.05) is 207 Å². The summed E-state index contributed by atoms with van der Waals surface area (Å²) in [5.74, 6) is 0.193. The van der Waals surface area contributed by atoms with Crippen molar-refractivity contribution in [3.63, 3.8) is 0 Å². The van der Waals surface area contributed by atoms with Crippen molar-refractivity contribution in [1.29, 1.82) is 0 Å². The largest absolute Gasteiger partial charge is 1.00 e. The minimum Gasteiger partial charge on any atom is -0.548 e. The van der Waals surface area contributed by atoms with Crippen molar-refractivity contribution in [3.8, 4) is 0 Å². The number of alkyl carbamates (subject to hydrolysis) is 1. The Bertz CT molecular complexity index is 3220. The van der Waals surface area contributed by atoms with Crippen molar-refractivity contribution in [2.45, 2.75) is 78.8 Å². The van der Waals surface area contributed by atoms with Crippen LogP contribution in [0.3, 0.4) is 0 Å². The fraction of sp³-hybridized carbons (Fsp3) is 0.323. The number of nitrogens with zero attached hydrogens (tertiary/aromatic N) is 3. The van der Waals surface area contributed by atoms with Crippen LogP contribution in [-0.2, 0) is 62.7 Å². The molecule has 6 atom stereocenters. The van der Waals surface area contributed by atoms with Crippen LogP contribution < -0.4 is 40.0 Å². The van der Waals surface area contributed by atoms with Crippen LogP contribution in [0.2, 0.25) is 0 Å². The Hall–Kier alpha value is -4.40. The van der Waals surface area contributed by atoms with Gasteiger partial charge in [0.2, 0.25) is 12.5 Å². The van der Waals surface area contributed by atoms with Crippen LogP contribution in [0.25, 0.3) is 0 Å². The van der Waals surface area contributed by atoms with E-state index in [1.54, 1.807) is 58.2 Å². The summed E-state index contributed by atoms with van der Waals surface area (Å²) in [5, 5.41) is 22.8. The average molecular weight is 1590 g/mol. The predicted octanol–water partition coefficient (Wildman–Crippen LogP) is 8.33. The molecule has 2 saturated heterocycles. The van der Waals surface area contributed by atoms with Gasteiger partial charge in [-0.3, -0.25) is 24.4 Å². The quantitative estimate of drug-likeness (QED) is 0.0162. The molecule has 0 unspecified atom stereocenters. The third-order valence-electron chi connectivity index (χ3n) is 13.9. The van der Waals surface area contributed by atoms with E-state index in [9.17, 15) is 43.8 Å². The van der Waals surface area contributed by atoms with Crippen LogP contribution in [0.15, 0.2) is 187 Å². The summed E-state index contributed by atoms with van der Waals surface area (Å²) in [6.45, 7) is 0.447. The monoisotopic (exact) mass is 1590 g/mol. The van der Waals surface area contributed by atoms with E-state index in [2.05, 4.69) is 50.9 Å².